The Kier molecular flexibility index (Phi) is 4.45. The summed E-state index contributed by atoms with van der Waals surface area (Å²) in [6, 6.07) is 4.11. The van der Waals surface area contributed by atoms with Crippen LogP contribution in [0.4, 0.5) is 0 Å². The number of aromatic amines is 1. The third-order valence-electron chi connectivity index (χ3n) is 4.59. The van der Waals surface area contributed by atoms with E-state index in [1.165, 1.54) is 12.0 Å². The van der Waals surface area contributed by atoms with Crippen molar-refractivity contribution >= 4 is 15.9 Å². The fourth-order valence-electron chi connectivity index (χ4n) is 3.42. The van der Waals surface area contributed by atoms with Crippen LogP contribution in [-0.4, -0.2) is 46.4 Å². The zero-order chi connectivity index (χ0) is 16.5. The van der Waals surface area contributed by atoms with E-state index in [0.29, 0.717) is 19.1 Å². The molecule has 0 radical (unpaired) electrons. The Balaban J connectivity index is 1.48. The van der Waals surface area contributed by atoms with Crippen LogP contribution in [0, 0.1) is 6.92 Å². The van der Waals surface area contributed by atoms with Gasteiger partial charge in [-0.15, -0.1) is 0 Å². The van der Waals surface area contributed by atoms with E-state index >= 15 is 0 Å². The molecule has 3 heterocycles. The second kappa shape index (κ2) is 6.72. The van der Waals surface area contributed by atoms with Gasteiger partial charge in [-0.25, -0.2) is 4.98 Å². The number of benzene rings is 1. The first-order valence-electron chi connectivity index (χ1n) is 8.38. The topological polar surface area (TPSA) is 63.3 Å². The maximum atomic E-state index is 5.71. The van der Waals surface area contributed by atoms with E-state index in [2.05, 4.69) is 42.1 Å². The van der Waals surface area contributed by atoms with Crippen molar-refractivity contribution in [1.29, 1.82) is 0 Å². The van der Waals surface area contributed by atoms with E-state index in [0.717, 1.165) is 53.7 Å². The number of aryl methyl sites for hydroxylation is 1. The van der Waals surface area contributed by atoms with Crippen molar-refractivity contribution in [3.63, 3.8) is 0 Å². The normalized spacial score (nSPS) is 21.0. The summed E-state index contributed by atoms with van der Waals surface area (Å²) in [7, 11) is 0. The first kappa shape index (κ1) is 15.9. The minimum atomic E-state index is 0.402. The van der Waals surface area contributed by atoms with Crippen LogP contribution < -0.4 is 9.47 Å². The fraction of sp³-hybridized carbons (Fsp3) is 0.529. The summed E-state index contributed by atoms with van der Waals surface area (Å²) < 4.78 is 12.4. The highest BCUT2D eigenvalue weighted by Gasteiger charge is 2.25. The first-order valence-corrected chi connectivity index (χ1v) is 9.17. The van der Waals surface area contributed by atoms with Gasteiger partial charge in [0.2, 0.25) is 0 Å². The Hall–Kier alpha value is -1.60. The van der Waals surface area contributed by atoms with Crippen molar-refractivity contribution in [1.82, 2.24) is 20.1 Å². The molecule has 1 atom stereocenters. The van der Waals surface area contributed by atoms with Crippen molar-refractivity contribution in [2.24, 2.45) is 0 Å². The lowest BCUT2D eigenvalue weighted by Gasteiger charge is -2.32. The Morgan fingerprint density at radius 1 is 1.29 bits per heavy atom. The highest BCUT2D eigenvalue weighted by atomic mass is 79.9. The second-order valence-corrected chi connectivity index (χ2v) is 7.29. The Morgan fingerprint density at radius 3 is 2.83 bits per heavy atom. The molecule has 24 heavy (non-hydrogen) atoms. The predicted molar refractivity (Wildman–Crippen MR) is 93.5 cm³/mol. The molecule has 1 aromatic heterocycles. The molecule has 2 aromatic rings. The van der Waals surface area contributed by atoms with Crippen LogP contribution in [0.25, 0.3) is 0 Å². The molecule has 1 aromatic carbocycles. The van der Waals surface area contributed by atoms with E-state index in [9.17, 15) is 0 Å². The summed E-state index contributed by atoms with van der Waals surface area (Å²) in [6.45, 7) is 6.15. The molecule has 1 fully saturated rings. The molecule has 1 unspecified atom stereocenters. The third kappa shape index (κ3) is 3.28. The lowest BCUT2D eigenvalue weighted by molar-refractivity contribution is 0.169. The maximum Gasteiger partial charge on any atom is 0.162 e. The molecule has 0 spiro atoms. The minimum absolute atomic E-state index is 0.402. The van der Waals surface area contributed by atoms with Crippen LogP contribution in [0.2, 0.25) is 0 Å². The van der Waals surface area contributed by atoms with Crippen LogP contribution in [0.15, 0.2) is 16.6 Å². The average Bonchev–Trinajstić information content (AvgIpc) is 3.02. The molecular formula is C17H21BrN4O2. The Morgan fingerprint density at radius 2 is 2.08 bits per heavy atom. The van der Waals surface area contributed by atoms with Gasteiger partial charge in [-0.05, 0) is 44.0 Å². The first-order chi connectivity index (χ1) is 11.7. The smallest absolute Gasteiger partial charge is 0.162 e. The summed E-state index contributed by atoms with van der Waals surface area (Å²) in [5, 5.41) is 7.30. The largest absolute Gasteiger partial charge is 0.486 e. The van der Waals surface area contributed by atoms with Crippen molar-refractivity contribution in [3.05, 3.63) is 33.8 Å². The van der Waals surface area contributed by atoms with Gasteiger partial charge in [0.1, 0.15) is 19.0 Å². The molecule has 1 saturated heterocycles. The molecule has 6 nitrogen and oxygen atoms in total. The van der Waals surface area contributed by atoms with Crippen LogP contribution >= 0.6 is 15.9 Å². The predicted octanol–water partition coefficient (Wildman–Crippen LogP) is 3.03. The number of hydrogen-bond acceptors (Lipinski definition) is 5. The second-order valence-electron chi connectivity index (χ2n) is 6.44. The van der Waals surface area contributed by atoms with Gasteiger partial charge in [-0.2, -0.15) is 5.10 Å². The Labute approximate surface area is 149 Å². The number of nitrogens with zero attached hydrogens (tertiary/aromatic N) is 3. The summed E-state index contributed by atoms with van der Waals surface area (Å²) in [4.78, 5) is 6.98. The van der Waals surface area contributed by atoms with Gasteiger partial charge in [0, 0.05) is 23.5 Å². The molecule has 0 bridgehead atoms. The zero-order valence-corrected chi connectivity index (χ0v) is 15.3. The molecule has 2 aliphatic rings. The van der Waals surface area contributed by atoms with Gasteiger partial charge in [-0.3, -0.25) is 10.00 Å². The quantitative estimate of drug-likeness (QED) is 0.869. The number of hydrogen-bond donors (Lipinski definition) is 1. The van der Waals surface area contributed by atoms with Crippen molar-refractivity contribution < 1.29 is 9.47 Å². The van der Waals surface area contributed by atoms with Gasteiger partial charge in [-0.1, -0.05) is 15.9 Å². The van der Waals surface area contributed by atoms with Crippen LogP contribution in [-0.2, 0) is 6.54 Å². The summed E-state index contributed by atoms with van der Waals surface area (Å²) in [5.74, 6) is 3.90. The van der Waals surface area contributed by atoms with Crippen molar-refractivity contribution in [2.45, 2.75) is 32.2 Å². The molecule has 1 N–H and O–H groups in total. The standard InChI is InChI=1S/C17H21BrN4O2/c1-11-19-17(21-20-11)12-3-2-4-22(9-12)10-13-7-15-16(8-14(13)18)24-6-5-23-15/h7-8,12H,2-6,9-10H2,1H3,(H,19,20,21). The SMILES string of the molecule is Cc1nc(C2CCCN(Cc3cc4c(cc3Br)OCCO4)C2)n[nH]1. The number of ether oxygens (including phenoxy) is 2. The van der Waals surface area contributed by atoms with E-state index in [1.807, 2.05) is 13.0 Å². The maximum absolute atomic E-state index is 5.71. The summed E-state index contributed by atoms with van der Waals surface area (Å²) >= 11 is 3.67. The van der Waals surface area contributed by atoms with Crippen LogP contribution in [0.1, 0.15) is 36.0 Å². The van der Waals surface area contributed by atoms with Gasteiger partial charge in [0.25, 0.3) is 0 Å². The van der Waals surface area contributed by atoms with Crippen molar-refractivity contribution in [3.8, 4) is 11.5 Å². The molecule has 0 aliphatic carbocycles. The molecule has 128 valence electrons. The van der Waals surface area contributed by atoms with Crippen LogP contribution in [0.3, 0.4) is 0 Å². The average molecular weight is 393 g/mol. The van der Waals surface area contributed by atoms with Gasteiger partial charge in [0.05, 0.1) is 0 Å². The number of fused-ring (bicyclic) bond motifs is 1. The van der Waals surface area contributed by atoms with E-state index < -0.39 is 0 Å². The number of nitrogens with one attached hydrogen (secondary N) is 1. The molecule has 4 rings (SSSR count). The summed E-state index contributed by atoms with van der Waals surface area (Å²) in [6.07, 6.45) is 2.32. The zero-order valence-electron chi connectivity index (χ0n) is 13.7. The van der Waals surface area contributed by atoms with E-state index in [-0.39, 0.29) is 0 Å². The number of halogens is 1. The number of rotatable bonds is 3. The molecule has 0 amide bonds. The number of piperidine rings is 1. The fourth-order valence-corrected chi connectivity index (χ4v) is 3.87. The minimum Gasteiger partial charge on any atom is -0.486 e. The van der Waals surface area contributed by atoms with Crippen molar-refractivity contribution in [2.75, 3.05) is 26.3 Å². The van der Waals surface area contributed by atoms with Gasteiger partial charge in [0.15, 0.2) is 17.3 Å². The monoisotopic (exact) mass is 392 g/mol. The summed E-state index contributed by atoms with van der Waals surface area (Å²) in [5.41, 5.74) is 1.23. The van der Waals surface area contributed by atoms with Gasteiger partial charge < -0.3 is 9.47 Å². The molecule has 0 saturated carbocycles. The molecule has 2 aliphatic heterocycles. The lowest BCUT2D eigenvalue weighted by Crippen LogP contribution is -2.34. The molecule has 7 heteroatoms. The highest BCUT2D eigenvalue weighted by molar-refractivity contribution is 9.10. The highest BCUT2D eigenvalue weighted by Crippen LogP contribution is 2.36. The number of likely N-dealkylation sites (tertiary alicyclic amines) is 1. The molecular weight excluding hydrogens is 372 g/mol. The Bertz CT molecular complexity index is 733. The van der Waals surface area contributed by atoms with Gasteiger partial charge >= 0.3 is 0 Å². The van der Waals surface area contributed by atoms with Crippen LogP contribution in [0.5, 0.6) is 11.5 Å². The van der Waals surface area contributed by atoms with E-state index in [4.69, 9.17) is 9.47 Å². The number of aromatic nitrogens is 3. The van der Waals surface area contributed by atoms with E-state index in [1.54, 1.807) is 0 Å². The lowest BCUT2D eigenvalue weighted by atomic mass is 9.97. The number of H-pyrrole nitrogens is 1. The third-order valence-corrected chi connectivity index (χ3v) is 5.33.